The number of rotatable bonds is 4. The Labute approximate surface area is 174 Å². The van der Waals surface area contributed by atoms with E-state index in [1.165, 1.54) is 10.5 Å². The number of piperazine rings is 1. The maximum atomic E-state index is 13.1. The van der Waals surface area contributed by atoms with Crippen LogP contribution in [0.4, 0.5) is 5.69 Å². The third-order valence-electron chi connectivity index (χ3n) is 5.56. The normalized spacial score (nSPS) is 21.5. The van der Waals surface area contributed by atoms with Crippen molar-refractivity contribution in [1.29, 1.82) is 0 Å². The van der Waals surface area contributed by atoms with Crippen LogP contribution in [-0.4, -0.2) is 53.8 Å². The maximum Gasteiger partial charge on any atom is 0.251 e. The Morgan fingerprint density at radius 1 is 1.00 bits per heavy atom. The van der Waals surface area contributed by atoms with Crippen LogP contribution in [0.15, 0.2) is 53.0 Å². The van der Waals surface area contributed by atoms with Crippen molar-refractivity contribution >= 4 is 33.4 Å². The minimum Gasteiger partial charge on any atom is -0.297 e. The number of anilines is 1. The highest BCUT2D eigenvalue weighted by Gasteiger charge is 2.43. The van der Waals surface area contributed by atoms with Gasteiger partial charge in [0.25, 0.3) is 5.91 Å². The summed E-state index contributed by atoms with van der Waals surface area (Å²) in [6.45, 7) is 6.33. The van der Waals surface area contributed by atoms with Crippen molar-refractivity contribution in [3.8, 4) is 0 Å². The summed E-state index contributed by atoms with van der Waals surface area (Å²) in [6.07, 6.45) is 0.262. The zero-order valence-corrected chi connectivity index (χ0v) is 17.6. The van der Waals surface area contributed by atoms with E-state index in [1.807, 2.05) is 31.2 Å². The summed E-state index contributed by atoms with van der Waals surface area (Å²) >= 11 is 3.50. The molecular formula is C22H24BrN3O2. The summed E-state index contributed by atoms with van der Waals surface area (Å²) in [5, 5.41) is 0. The van der Waals surface area contributed by atoms with Gasteiger partial charge in [-0.15, -0.1) is 0 Å². The van der Waals surface area contributed by atoms with Gasteiger partial charge in [-0.3, -0.25) is 19.4 Å². The lowest BCUT2D eigenvalue weighted by molar-refractivity contribution is -0.123. The van der Waals surface area contributed by atoms with Crippen LogP contribution in [0, 0.1) is 6.92 Å². The monoisotopic (exact) mass is 441 g/mol. The fourth-order valence-corrected chi connectivity index (χ4v) is 4.69. The highest BCUT2D eigenvalue weighted by molar-refractivity contribution is 9.10. The SMILES string of the molecule is Cc1ccc(N2C(=O)CC(N3CCN(Cc4ccccc4)CC3)C2=O)c(Br)c1. The van der Waals surface area contributed by atoms with Crippen molar-refractivity contribution in [3.63, 3.8) is 0 Å². The molecule has 0 radical (unpaired) electrons. The summed E-state index contributed by atoms with van der Waals surface area (Å²) in [7, 11) is 0. The van der Waals surface area contributed by atoms with Gasteiger partial charge in [0.2, 0.25) is 5.91 Å². The van der Waals surface area contributed by atoms with Crippen LogP contribution < -0.4 is 4.90 Å². The fourth-order valence-electron chi connectivity index (χ4n) is 4.02. The number of carbonyl (C=O) groups excluding carboxylic acids is 2. The highest BCUT2D eigenvalue weighted by atomic mass is 79.9. The zero-order valence-electron chi connectivity index (χ0n) is 16.0. The first-order valence-corrected chi connectivity index (χ1v) is 10.5. The predicted molar refractivity (Wildman–Crippen MR) is 113 cm³/mol. The molecule has 5 nitrogen and oxygen atoms in total. The van der Waals surface area contributed by atoms with E-state index in [1.54, 1.807) is 0 Å². The number of imide groups is 1. The zero-order chi connectivity index (χ0) is 19.7. The van der Waals surface area contributed by atoms with E-state index in [-0.39, 0.29) is 24.3 Å². The molecule has 2 aliphatic rings. The molecule has 0 aliphatic carbocycles. The minimum atomic E-state index is -0.348. The van der Waals surface area contributed by atoms with Crippen molar-refractivity contribution < 1.29 is 9.59 Å². The summed E-state index contributed by atoms with van der Waals surface area (Å²) in [5.41, 5.74) is 3.03. The fraction of sp³-hybridized carbons (Fsp3) is 0.364. The van der Waals surface area contributed by atoms with Crippen LogP contribution in [0.3, 0.4) is 0 Å². The highest BCUT2D eigenvalue weighted by Crippen LogP contribution is 2.32. The van der Waals surface area contributed by atoms with Gasteiger partial charge in [-0.25, -0.2) is 4.90 Å². The van der Waals surface area contributed by atoms with E-state index in [0.717, 1.165) is 42.8 Å². The standard InChI is InChI=1S/C22H24BrN3O2/c1-16-7-8-19(18(23)13-16)26-21(27)14-20(22(26)28)25-11-9-24(10-12-25)15-17-5-3-2-4-6-17/h2-8,13,20H,9-12,14-15H2,1H3. The van der Waals surface area contributed by atoms with Gasteiger partial charge in [0.15, 0.2) is 0 Å². The van der Waals surface area contributed by atoms with Crippen LogP contribution in [0.5, 0.6) is 0 Å². The summed E-state index contributed by atoms with van der Waals surface area (Å²) in [5.74, 6) is -0.225. The first-order valence-electron chi connectivity index (χ1n) is 9.66. The number of benzene rings is 2. The van der Waals surface area contributed by atoms with E-state index in [9.17, 15) is 9.59 Å². The third kappa shape index (κ3) is 3.90. The van der Waals surface area contributed by atoms with Crippen molar-refractivity contribution in [3.05, 3.63) is 64.1 Å². The van der Waals surface area contributed by atoms with Gasteiger partial charge in [0.1, 0.15) is 0 Å². The molecule has 0 spiro atoms. The first kappa shape index (κ1) is 19.3. The van der Waals surface area contributed by atoms with Gasteiger partial charge < -0.3 is 0 Å². The van der Waals surface area contributed by atoms with E-state index in [2.05, 4.69) is 50.0 Å². The summed E-state index contributed by atoms with van der Waals surface area (Å²) < 4.78 is 0.780. The predicted octanol–water partition coefficient (Wildman–Crippen LogP) is 3.21. The second-order valence-corrected chi connectivity index (χ2v) is 8.39. The Balaban J connectivity index is 1.41. The molecular weight excluding hydrogens is 418 g/mol. The average Bonchev–Trinajstić information content (AvgIpc) is 2.98. The lowest BCUT2D eigenvalue weighted by Gasteiger charge is -2.37. The second-order valence-electron chi connectivity index (χ2n) is 7.54. The number of nitrogens with zero attached hydrogens (tertiary/aromatic N) is 3. The quantitative estimate of drug-likeness (QED) is 0.683. The van der Waals surface area contributed by atoms with Crippen LogP contribution in [0.25, 0.3) is 0 Å². The molecule has 0 bridgehead atoms. The Morgan fingerprint density at radius 2 is 1.71 bits per heavy atom. The smallest absolute Gasteiger partial charge is 0.251 e. The molecule has 28 heavy (non-hydrogen) atoms. The van der Waals surface area contributed by atoms with Crippen LogP contribution >= 0.6 is 15.9 Å². The van der Waals surface area contributed by atoms with E-state index < -0.39 is 0 Å². The van der Waals surface area contributed by atoms with Crippen LogP contribution in [-0.2, 0) is 16.1 Å². The van der Waals surface area contributed by atoms with E-state index in [0.29, 0.717) is 5.69 Å². The molecule has 4 rings (SSSR count). The molecule has 2 aromatic rings. The number of carbonyl (C=O) groups is 2. The molecule has 2 aromatic carbocycles. The Hall–Kier alpha value is -2.02. The lowest BCUT2D eigenvalue weighted by atomic mass is 10.1. The molecule has 1 unspecified atom stereocenters. The van der Waals surface area contributed by atoms with Gasteiger partial charge in [-0.05, 0) is 46.1 Å². The van der Waals surface area contributed by atoms with Gasteiger partial charge in [0, 0.05) is 37.2 Å². The lowest BCUT2D eigenvalue weighted by Crippen LogP contribution is -2.52. The second kappa shape index (κ2) is 8.15. The molecule has 0 aromatic heterocycles. The molecule has 2 amide bonds. The Bertz CT molecular complexity index is 879. The number of hydrogen-bond donors (Lipinski definition) is 0. The molecule has 2 heterocycles. The molecule has 6 heteroatoms. The van der Waals surface area contributed by atoms with Crippen LogP contribution in [0.1, 0.15) is 17.5 Å². The van der Waals surface area contributed by atoms with E-state index >= 15 is 0 Å². The molecule has 0 N–H and O–H groups in total. The average molecular weight is 442 g/mol. The van der Waals surface area contributed by atoms with Gasteiger partial charge in [0.05, 0.1) is 18.2 Å². The Kier molecular flexibility index (Phi) is 5.62. The minimum absolute atomic E-state index is 0.105. The van der Waals surface area contributed by atoms with Gasteiger partial charge in [-0.2, -0.15) is 0 Å². The van der Waals surface area contributed by atoms with Crippen LogP contribution in [0.2, 0.25) is 0 Å². The molecule has 0 saturated carbocycles. The maximum absolute atomic E-state index is 13.1. The van der Waals surface area contributed by atoms with Crippen molar-refractivity contribution in [2.24, 2.45) is 0 Å². The largest absolute Gasteiger partial charge is 0.297 e. The van der Waals surface area contributed by atoms with E-state index in [4.69, 9.17) is 0 Å². The Morgan fingerprint density at radius 3 is 2.39 bits per heavy atom. The molecule has 2 aliphatic heterocycles. The van der Waals surface area contributed by atoms with Gasteiger partial charge in [-0.1, -0.05) is 36.4 Å². The van der Waals surface area contributed by atoms with Crippen molar-refractivity contribution in [1.82, 2.24) is 9.80 Å². The summed E-state index contributed by atoms with van der Waals surface area (Å²) in [6, 6.07) is 15.8. The number of halogens is 1. The molecule has 2 fully saturated rings. The van der Waals surface area contributed by atoms with Gasteiger partial charge >= 0.3 is 0 Å². The third-order valence-corrected chi connectivity index (χ3v) is 6.20. The van der Waals surface area contributed by atoms with Crippen molar-refractivity contribution in [2.45, 2.75) is 25.9 Å². The molecule has 1 atom stereocenters. The molecule has 2 saturated heterocycles. The summed E-state index contributed by atoms with van der Waals surface area (Å²) in [4.78, 5) is 31.6. The number of amides is 2. The van der Waals surface area contributed by atoms with Crippen molar-refractivity contribution in [2.75, 3.05) is 31.1 Å². The first-order chi connectivity index (χ1) is 13.5. The topological polar surface area (TPSA) is 43.9 Å². The molecule has 146 valence electrons. The number of hydrogen-bond acceptors (Lipinski definition) is 4. The number of aryl methyl sites for hydroxylation is 1.